The van der Waals surface area contributed by atoms with Crippen molar-refractivity contribution < 1.29 is 14.9 Å². The van der Waals surface area contributed by atoms with Gasteiger partial charge in [-0.15, -0.1) is 0 Å². The normalized spacial score (nSPS) is 27.8. The molecule has 0 bridgehead atoms. The van der Waals surface area contributed by atoms with Gasteiger partial charge in [-0.1, -0.05) is 26.2 Å². The smallest absolute Gasteiger partial charge is 0.0687 e. The first-order chi connectivity index (χ1) is 8.67. The summed E-state index contributed by atoms with van der Waals surface area (Å²) in [6.45, 7) is 2.16. The first-order valence-corrected chi connectivity index (χ1v) is 7.57. The lowest BCUT2D eigenvalue weighted by molar-refractivity contribution is -0.0881. The maximum atomic E-state index is 9.52. The zero-order valence-electron chi connectivity index (χ0n) is 11.7. The van der Waals surface area contributed by atoms with Crippen LogP contribution in [0.25, 0.3) is 0 Å². The van der Waals surface area contributed by atoms with Crippen LogP contribution in [-0.4, -0.2) is 35.1 Å². The molecule has 1 saturated heterocycles. The highest BCUT2D eigenvalue weighted by Crippen LogP contribution is 2.44. The number of aliphatic hydroxyl groups is 2. The van der Waals surface area contributed by atoms with Crippen LogP contribution < -0.4 is 0 Å². The van der Waals surface area contributed by atoms with Gasteiger partial charge in [0.15, 0.2) is 0 Å². The van der Waals surface area contributed by atoms with Gasteiger partial charge in [-0.25, -0.2) is 0 Å². The molecular formula is C15H28O3. The lowest BCUT2D eigenvalue weighted by atomic mass is 9.80. The molecule has 1 aliphatic heterocycles. The standard InChI is InChI=1S/C15H28O3/c1-2-14(11-16,12-17)10-13-6-9-15(18-13)7-4-3-5-8-15/h13,16-17H,2-12H2,1H3. The second-order valence-electron chi connectivity index (χ2n) is 6.40. The minimum atomic E-state index is -0.342. The van der Waals surface area contributed by atoms with Gasteiger partial charge in [0.1, 0.15) is 0 Å². The molecule has 1 heterocycles. The third kappa shape index (κ3) is 2.89. The lowest BCUT2D eigenvalue weighted by Gasteiger charge is -2.35. The molecule has 3 heteroatoms. The first-order valence-electron chi connectivity index (χ1n) is 7.57. The van der Waals surface area contributed by atoms with Crippen LogP contribution in [-0.2, 0) is 4.74 Å². The van der Waals surface area contributed by atoms with Gasteiger partial charge in [-0.3, -0.25) is 0 Å². The third-order valence-corrected chi connectivity index (χ3v) is 5.18. The van der Waals surface area contributed by atoms with E-state index in [-0.39, 0.29) is 30.3 Å². The molecule has 3 nitrogen and oxygen atoms in total. The van der Waals surface area contributed by atoms with E-state index in [1.54, 1.807) is 0 Å². The Morgan fingerprint density at radius 3 is 2.33 bits per heavy atom. The van der Waals surface area contributed by atoms with Crippen LogP contribution in [0.5, 0.6) is 0 Å². The zero-order chi connectivity index (χ0) is 13.1. The van der Waals surface area contributed by atoms with Crippen molar-refractivity contribution in [1.29, 1.82) is 0 Å². The van der Waals surface area contributed by atoms with Gasteiger partial charge in [0.25, 0.3) is 0 Å². The summed E-state index contributed by atoms with van der Waals surface area (Å²) in [5.74, 6) is 0. The van der Waals surface area contributed by atoms with Gasteiger partial charge in [-0.2, -0.15) is 0 Å². The third-order valence-electron chi connectivity index (χ3n) is 5.18. The average Bonchev–Trinajstić information content (AvgIpc) is 2.79. The molecular weight excluding hydrogens is 228 g/mol. The van der Waals surface area contributed by atoms with E-state index in [1.807, 2.05) is 6.92 Å². The molecule has 106 valence electrons. The van der Waals surface area contributed by atoms with Crippen LogP contribution >= 0.6 is 0 Å². The quantitative estimate of drug-likeness (QED) is 0.795. The molecule has 2 fully saturated rings. The fourth-order valence-electron chi connectivity index (χ4n) is 3.63. The number of ether oxygens (including phenoxy) is 1. The number of aliphatic hydroxyl groups excluding tert-OH is 2. The van der Waals surface area contributed by atoms with Crippen molar-refractivity contribution in [2.24, 2.45) is 5.41 Å². The Kier molecular flexibility index (Phi) is 4.68. The van der Waals surface area contributed by atoms with E-state index in [9.17, 15) is 10.2 Å². The van der Waals surface area contributed by atoms with Crippen LogP contribution in [0.4, 0.5) is 0 Å². The minimum Gasteiger partial charge on any atom is -0.396 e. The van der Waals surface area contributed by atoms with Crippen molar-refractivity contribution in [1.82, 2.24) is 0 Å². The Morgan fingerprint density at radius 2 is 1.78 bits per heavy atom. The monoisotopic (exact) mass is 256 g/mol. The molecule has 1 saturated carbocycles. The predicted molar refractivity (Wildman–Crippen MR) is 71.4 cm³/mol. The van der Waals surface area contributed by atoms with Crippen LogP contribution in [0, 0.1) is 5.41 Å². The molecule has 2 N–H and O–H groups in total. The Balaban J connectivity index is 1.92. The maximum absolute atomic E-state index is 9.52. The van der Waals surface area contributed by atoms with Crippen LogP contribution in [0.3, 0.4) is 0 Å². The summed E-state index contributed by atoms with van der Waals surface area (Å²) in [5, 5.41) is 19.0. The van der Waals surface area contributed by atoms with Crippen molar-refractivity contribution in [2.75, 3.05) is 13.2 Å². The fraction of sp³-hybridized carbons (Fsp3) is 1.00. The molecule has 0 radical (unpaired) electrons. The van der Waals surface area contributed by atoms with Crippen LogP contribution in [0.1, 0.15) is 64.7 Å². The molecule has 2 rings (SSSR count). The van der Waals surface area contributed by atoms with Gasteiger partial charge in [0.05, 0.1) is 24.9 Å². The van der Waals surface area contributed by atoms with Crippen molar-refractivity contribution in [3.63, 3.8) is 0 Å². The Morgan fingerprint density at radius 1 is 1.11 bits per heavy atom. The molecule has 1 aliphatic carbocycles. The summed E-state index contributed by atoms with van der Waals surface area (Å²) in [5.41, 5.74) is -0.196. The summed E-state index contributed by atoms with van der Waals surface area (Å²) in [4.78, 5) is 0. The highest BCUT2D eigenvalue weighted by atomic mass is 16.5. The molecule has 1 atom stereocenters. The molecule has 0 amide bonds. The number of hydrogen-bond donors (Lipinski definition) is 2. The predicted octanol–water partition coefficient (Wildman–Crippen LogP) is 2.64. The Hall–Kier alpha value is -0.120. The van der Waals surface area contributed by atoms with Crippen molar-refractivity contribution in [2.45, 2.75) is 76.4 Å². The van der Waals surface area contributed by atoms with Gasteiger partial charge >= 0.3 is 0 Å². The van der Waals surface area contributed by atoms with Crippen molar-refractivity contribution in [3.05, 3.63) is 0 Å². The minimum absolute atomic E-state index is 0.0624. The maximum Gasteiger partial charge on any atom is 0.0687 e. The summed E-state index contributed by atoms with van der Waals surface area (Å²) >= 11 is 0. The largest absolute Gasteiger partial charge is 0.396 e. The Bertz CT molecular complexity index is 246. The molecule has 2 aliphatic rings. The highest BCUT2D eigenvalue weighted by molar-refractivity contribution is 4.93. The Labute approximate surface area is 111 Å². The SMILES string of the molecule is CCC(CO)(CO)CC1CCC2(CCCCC2)O1. The van der Waals surface area contributed by atoms with E-state index in [0.29, 0.717) is 0 Å². The highest BCUT2D eigenvalue weighted by Gasteiger charge is 2.43. The average molecular weight is 256 g/mol. The van der Waals surface area contributed by atoms with E-state index in [1.165, 1.54) is 38.5 Å². The zero-order valence-corrected chi connectivity index (χ0v) is 11.7. The van der Waals surface area contributed by atoms with Gasteiger partial charge < -0.3 is 14.9 Å². The van der Waals surface area contributed by atoms with Crippen molar-refractivity contribution >= 4 is 0 Å². The molecule has 0 aromatic heterocycles. The van der Waals surface area contributed by atoms with E-state index in [2.05, 4.69) is 0 Å². The topological polar surface area (TPSA) is 49.7 Å². The van der Waals surface area contributed by atoms with E-state index < -0.39 is 0 Å². The molecule has 1 unspecified atom stereocenters. The van der Waals surface area contributed by atoms with Crippen LogP contribution in [0.2, 0.25) is 0 Å². The van der Waals surface area contributed by atoms with Gasteiger partial charge in [-0.05, 0) is 38.5 Å². The van der Waals surface area contributed by atoms with E-state index in [0.717, 1.165) is 19.3 Å². The fourth-order valence-corrected chi connectivity index (χ4v) is 3.63. The van der Waals surface area contributed by atoms with E-state index in [4.69, 9.17) is 4.74 Å². The second-order valence-corrected chi connectivity index (χ2v) is 6.40. The summed E-state index contributed by atoms with van der Waals surface area (Å²) < 4.78 is 6.33. The van der Waals surface area contributed by atoms with Gasteiger partial charge in [0, 0.05) is 5.41 Å². The molecule has 0 aromatic rings. The molecule has 18 heavy (non-hydrogen) atoms. The molecule has 1 spiro atoms. The lowest BCUT2D eigenvalue weighted by Crippen LogP contribution is -2.36. The summed E-state index contributed by atoms with van der Waals surface area (Å²) in [6.07, 6.45) is 10.5. The van der Waals surface area contributed by atoms with Crippen molar-refractivity contribution in [3.8, 4) is 0 Å². The van der Waals surface area contributed by atoms with E-state index >= 15 is 0 Å². The van der Waals surface area contributed by atoms with Crippen LogP contribution in [0.15, 0.2) is 0 Å². The second kappa shape index (κ2) is 5.89. The first kappa shape index (κ1) is 14.3. The summed E-state index contributed by atoms with van der Waals surface area (Å²) in [6, 6.07) is 0. The number of hydrogen-bond acceptors (Lipinski definition) is 3. The van der Waals surface area contributed by atoms with Gasteiger partial charge in [0.2, 0.25) is 0 Å². The number of rotatable bonds is 5. The summed E-state index contributed by atoms with van der Waals surface area (Å²) in [7, 11) is 0. The molecule has 0 aromatic carbocycles.